The molecule has 6 aromatic rings. The van der Waals surface area contributed by atoms with Crippen LogP contribution in [0.4, 0.5) is 35.1 Å². The summed E-state index contributed by atoms with van der Waals surface area (Å²) in [6.45, 7) is 61.3. The maximum absolute atomic E-state index is 12.6. The molecule has 5 fully saturated rings. The number of aryl methyl sites for hydroxylation is 10. The van der Waals surface area contributed by atoms with Crippen molar-refractivity contribution in [1.29, 1.82) is 0 Å². The van der Waals surface area contributed by atoms with Crippen LogP contribution in [0.15, 0.2) is 133 Å². The molecule has 1 saturated carbocycles. The zero-order valence-electron chi connectivity index (χ0n) is 79.7. The van der Waals surface area contributed by atoms with Crippen molar-refractivity contribution in [2.45, 2.75) is 321 Å². The first kappa shape index (κ1) is 112. The Morgan fingerprint density at radius 3 is 0.717 bits per heavy atom. The molecule has 4 aliphatic carbocycles. The van der Waals surface area contributed by atoms with Crippen LogP contribution in [0.1, 0.15) is 280 Å². The van der Waals surface area contributed by atoms with Crippen LogP contribution in [0.2, 0.25) is 0 Å². The number of halogens is 8. The van der Waals surface area contributed by atoms with E-state index in [1.807, 2.05) is 39.8 Å². The summed E-state index contributed by atoms with van der Waals surface area (Å²) < 4.78 is 132. The zero-order chi connectivity index (χ0) is 90.7. The molecule has 14 heteroatoms. The van der Waals surface area contributed by atoms with E-state index < -0.39 is 34.9 Å². The first-order valence-electron chi connectivity index (χ1n) is 44.8. The fourth-order valence-corrected chi connectivity index (χ4v) is 12.5. The molecule has 0 aromatic heterocycles. The van der Waals surface area contributed by atoms with Gasteiger partial charge in [-0.1, -0.05) is 202 Å². The van der Waals surface area contributed by atoms with Gasteiger partial charge in [0.05, 0.1) is 38.6 Å². The molecule has 0 N–H and O–H groups in total. The lowest BCUT2D eigenvalue weighted by molar-refractivity contribution is -0.187. The van der Waals surface area contributed by atoms with E-state index in [1.165, 1.54) is 178 Å². The summed E-state index contributed by atoms with van der Waals surface area (Å²) in [6.07, 6.45) is 32.4. The topological polar surface area (TPSA) is 55.4 Å². The minimum atomic E-state index is -0.736. The highest BCUT2D eigenvalue weighted by atomic mass is 19.2. The van der Waals surface area contributed by atoms with Crippen molar-refractivity contribution >= 4 is 0 Å². The van der Waals surface area contributed by atoms with Crippen molar-refractivity contribution in [2.75, 3.05) is 39.6 Å². The number of ether oxygens (including phenoxy) is 6. The van der Waals surface area contributed by atoms with E-state index in [0.29, 0.717) is 57.4 Å². The largest absolute Gasteiger partial charge is 0.378 e. The SMILES string of the molecule is CC1=CCC(C)CC1.CC1=CCC(C)CC1.CC1C=CC(C)CC1.CC1CCC(C)CC1.CC1CCC(C)OC1.CC1CCC(C)OC1.CC1COC(C)OC1.CC1COC(C)OC1.Cc1cc(F)c(C)c(F)c1.Cc1cc(F)c(C)c(F)c1.Cc1ccc(C)c(F)c1.Cc1ccc(C)c(F)c1.Cc1ccc(C)c(F)c1F.Cc1ccc(C)cc1. The van der Waals surface area contributed by atoms with Gasteiger partial charge >= 0.3 is 0 Å². The average molecular weight is 1680 g/mol. The first-order chi connectivity index (χ1) is 56.3. The van der Waals surface area contributed by atoms with Gasteiger partial charge in [0.2, 0.25) is 0 Å². The van der Waals surface area contributed by atoms with Gasteiger partial charge in [0.1, 0.15) is 34.9 Å². The molecule has 120 heavy (non-hydrogen) atoms. The molecule has 0 amide bonds. The normalized spacial score (nSPS) is 24.3. The van der Waals surface area contributed by atoms with Crippen LogP contribution in [-0.4, -0.2) is 64.4 Å². The van der Waals surface area contributed by atoms with E-state index in [0.717, 1.165) is 98.1 Å². The van der Waals surface area contributed by atoms with Crippen LogP contribution in [-0.2, 0) is 28.4 Å². The number of hydrogen-bond acceptors (Lipinski definition) is 6. The smallest absolute Gasteiger partial charge is 0.161 e. The van der Waals surface area contributed by atoms with Crippen molar-refractivity contribution in [3.63, 3.8) is 0 Å². The standard InChI is InChI=1S/3C8H8F2.2C8H9F.C8H16.3C8H14.C8H10.2C7H14O.2C6H12O2/c2*1-5-3-7(9)6(2)8(10)4-5;1-5-3-4-6(2)8(10)7(5)9;2*1-6-3-4-7(2)8(9)5-6;5*1-7-3-5-8(2)6-4-7;2*1-6-3-4-7(2)8-5-6;2*1-5-3-7-6(2)8-4-5/h3*3-4H,1-2H3;2*3-5H,1-2H3;7-8H,3-6H2,1-2H3;2*3,8H,4-6H2,1-2H3;3,5,7-8H,4,6H2,1-2H3;3-6H,1-2H3;2*6-7H,3-5H2,1-2H3;2*5-6H,3-4H2,1-2H3. The van der Waals surface area contributed by atoms with Gasteiger partial charge in [0.15, 0.2) is 24.2 Å². The van der Waals surface area contributed by atoms with Crippen LogP contribution in [0.5, 0.6) is 0 Å². The van der Waals surface area contributed by atoms with E-state index >= 15 is 0 Å². The molecule has 8 atom stereocenters. The Morgan fingerprint density at radius 1 is 0.242 bits per heavy atom. The Bertz CT molecular complexity index is 3380. The summed E-state index contributed by atoms with van der Waals surface area (Å²) in [5.74, 6) is 4.75. The van der Waals surface area contributed by atoms with Gasteiger partial charge in [0, 0.05) is 36.2 Å². The number of allylic oxidation sites excluding steroid dienone is 6. The Labute approximate surface area is 725 Å². The molecular weight excluding hydrogens is 1520 g/mol. The van der Waals surface area contributed by atoms with Gasteiger partial charge in [-0.2, -0.15) is 0 Å². The molecule has 6 aromatic carbocycles. The first-order valence-corrected chi connectivity index (χ1v) is 44.8. The predicted molar refractivity (Wildman–Crippen MR) is 491 cm³/mol. The van der Waals surface area contributed by atoms with Gasteiger partial charge in [0.25, 0.3) is 0 Å². The summed E-state index contributed by atoms with van der Waals surface area (Å²) in [7, 11) is 0. The molecule has 4 saturated heterocycles. The summed E-state index contributed by atoms with van der Waals surface area (Å²) in [5.41, 5.74) is 11.3. The highest BCUT2D eigenvalue weighted by molar-refractivity contribution is 5.27. The van der Waals surface area contributed by atoms with Crippen LogP contribution in [0, 0.1) is 189 Å². The zero-order valence-corrected chi connectivity index (χ0v) is 79.7. The quantitative estimate of drug-likeness (QED) is 0.112. The van der Waals surface area contributed by atoms with E-state index in [9.17, 15) is 35.1 Å². The summed E-state index contributed by atoms with van der Waals surface area (Å²) in [5, 5.41) is 0. The molecular formula is C106H162F8O6. The van der Waals surface area contributed by atoms with Crippen LogP contribution < -0.4 is 0 Å². The molecule has 0 bridgehead atoms. The van der Waals surface area contributed by atoms with Crippen molar-refractivity contribution in [2.24, 2.45) is 59.2 Å². The van der Waals surface area contributed by atoms with Crippen molar-refractivity contribution in [3.8, 4) is 0 Å². The molecule has 0 spiro atoms. The summed E-state index contributed by atoms with van der Waals surface area (Å²) in [6, 6.07) is 27.3. The second kappa shape index (κ2) is 62.8. The fourth-order valence-electron chi connectivity index (χ4n) is 12.5. The maximum Gasteiger partial charge on any atom is 0.161 e. The average Bonchev–Trinajstić information content (AvgIpc) is 0.703. The lowest BCUT2D eigenvalue weighted by atomic mass is 9.84. The van der Waals surface area contributed by atoms with Gasteiger partial charge < -0.3 is 28.4 Å². The Hall–Kier alpha value is -6.26. The fraction of sp³-hybridized carbons (Fsp3) is 0.604. The third kappa shape index (κ3) is 54.4. The minimum absolute atomic E-state index is 0.0196. The summed E-state index contributed by atoms with van der Waals surface area (Å²) >= 11 is 0. The Balaban J connectivity index is 0.000000647. The van der Waals surface area contributed by atoms with E-state index in [2.05, 4.69) is 159 Å². The second-order valence-electron chi connectivity index (χ2n) is 36.2. The molecule has 678 valence electrons. The molecule has 4 heterocycles. The second-order valence-corrected chi connectivity index (χ2v) is 36.2. The van der Waals surface area contributed by atoms with E-state index in [-0.39, 0.29) is 35.3 Å². The van der Waals surface area contributed by atoms with Gasteiger partial charge in [-0.15, -0.1) is 0 Å². The Morgan fingerprint density at radius 2 is 0.500 bits per heavy atom. The van der Waals surface area contributed by atoms with Crippen molar-refractivity contribution < 1.29 is 63.5 Å². The van der Waals surface area contributed by atoms with Crippen LogP contribution in [0.3, 0.4) is 0 Å². The van der Waals surface area contributed by atoms with E-state index in [4.69, 9.17) is 28.4 Å². The number of hydrogen-bond donors (Lipinski definition) is 0. The van der Waals surface area contributed by atoms with Crippen LogP contribution >= 0.6 is 0 Å². The highest BCUT2D eigenvalue weighted by Gasteiger charge is 2.18. The minimum Gasteiger partial charge on any atom is -0.378 e. The lowest BCUT2D eigenvalue weighted by Crippen LogP contribution is -2.27. The molecule has 8 aliphatic rings. The molecule has 4 aliphatic heterocycles. The predicted octanol–water partition coefficient (Wildman–Crippen LogP) is 31.6. The maximum atomic E-state index is 12.6. The van der Waals surface area contributed by atoms with Crippen LogP contribution in [0.25, 0.3) is 0 Å². The van der Waals surface area contributed by atoms with Gasteiger partial charge in [-0.25, -0.2) is 35.1 Å². The number of rotatable bonds is 0. The summed E-state index contributed by atoms with van der Waals surface area (Å²) in [4.78, 5) is 0. The highest BCUT2D eigenvalue weighted by Crippen LogP contribution is 2.29. The molecule has 14 rings (SSSR count). The van der Waals surface area contributed by atoms with E-state index in [1.54, 1.807) is 63.1 Å². The molecule has 6 nitrogen and oxygen atoms in total. The number of benzene rings is 6. The Kier molecular flexibility index (Phi) is 58.5. The molecule has 0 radical (unpaired) electrons. The monoisotopic (exact) mass is 1680 g/mol. The van der Waals surface area contributed by atoms with Gasteiger partial charge in [-0.05, 0) is 330 Å². The molecule has 8 unspecified atom stereocenters. The van der Waals surface area contributed by atoms with Crippen molar-refractivity contribution in [3.05, 3.63) is 246 Å². The van der Waals surface area contributed by atoms with Crippen molar-refractivity contribution in [1.82, 2.24) is 0 Å². The third-order valence-electron chi connectivity index (χ3n) is 22.1. The third-order valence-corrected chi connectivity index (χ3v) is 22.1. The lowest BCUT2D eigenvalue weighted by Gasteiger charge is -2.24. The van der Waals surface area contributed by atoms with Gasteiger partial charge in [-0.3, -0.25) is 0 Å².